The van der Waals surface area contributed by atoms with Crippen LogP contribution in [-0.4, -0.2) is 48.5 Å². The van der Waals surface area contributed by atoms with Crippen LogP contribution in [0.2, 0.25) is 0 Å². The summed E-state index contributed by atoms with van der Waals surface area (Å²) in [6.45, 7) is 7.49. The third-order valence-electron chi connectivity index (χ3n) is 4.48. The van der Waals surface area contributed by atoms with Crippen LogP contribution in [0.25, 0.3) is 0 Å². The number of nitrogens with zero attached hydrogens (tertiary/aromatic N) is 2. The summed E-state index contributed by atoms with van der Waals surface area (Å²) in [5, 5.41) is 1.12. The van der Waals surface area contributed by atoms with Gasteiger partial charge >= 0.3 is 0 Å². The van der Waals surface area contributed by atoms with E-state index in [2.05, 4.69) is 27.1 Å². The molecule has 4 nitrogen and oxygen atoms in total. The van der Waals surface area contributed by atoms with Gasteiger partial charge in [-0.25, -0.2) is 0 Å². The van der Waals surface area contributed by atoms with E-state index in [1.807, 2.05) is 24.0 Å². The molecule has 0 spiro atoms. The number of ether oxygens (including phenoxy) is 1. The zero-order valence-electron chi connectivity index (χ0n) is 13.8. The first-order valence-electron chi connectivity index (χ1n) is 8.02. The van der Waals surface area contributed by atoms with Crippen molar-refractivity contribution in [2.45, 2.75) is 39.3 Å². The molecular formula is C17H27N2O2P. The Labute approximate surface area is 136 Å². The van der Waals surface area contributed by atoms with E-state index in [1.165, 1.54) is 0 Å². The Hall–Kier alpha value is -1.12. The summed E-state index contributed by atoms with van der Waals surface area (Å²) in [4.78, 5) is 16.8. The highest BCUT2D eigenvalue weighted by Crippen LogP contribution is 2.21. The molecule has 2 rings (SSSR count). The van der Waals surface area contributed by atoms with Gasteiger partial charge in [0.2, 0.25) is 5.91 Å². The zero-order valence-corrected chi connectivity index (χ0v) is 15.0. The van der Waals surface area contributed by atoms with Crippen molar-refractivity contribution < 1.29 is 9.53 Å². The molecule has 1 amide bonds. The molecule has 122 valence electrons. The van der Waals surface area contributed by atoms with Gasteiger partial charge in [-0.05, 0) is 37.7 Å². The van der Waals surface area contributed by atoms with Crippen LogP contribution < -0.4 is 10.0 Å². The minimum Gasteiger partial charge on any atom is -0.496 e. The summed E-state index contributed by atoms with van der Waals surface area (Å²) in [7, 11) is 4.46. The number of rotatable bonds is 6. The van der Waals surface area contributed by atoms with E-state index in [9.17, 15) is 4.79 Å². The van der Waals surface area contributed by atoms with Gasteiger partial charge in [-0.1, -0.05) is 19.1 Å². The standard InChI is InChI=1S/C17H27N2O2P/c1-4-18(13(2)17(20)19-10-5-6-11-19)12-14-15(21-3)8-7-9-16(14)22/h7-9,13H,4-6,10-12,22H2,1-3H3. The van der Waals surface area contributed by atoms with Crippen molar-refractivity contribution in [3.05, 3.63) is 23.8 Å². The Kier molecular flexibility index (Phi) is 6.22. The molecule has 0 aromatic heterocycles. The minimum absolute atomic E-state index is 0.0996. The van der Waals surface area contributed by atoms with Gasteiger partial charge in [-0.15, -0.1) is 9.24 Å². The van der Waals surface area contributed by atoms with Crippen molar-refractivity contribution >= 4 is 20.5 Å². The second-order valence-corrected chi connectivity index (χ2v) is 6.42. The Morgan fingerprint density at radius 1 is 1.41 bits per heavy atom. The van der Waals surface area contributed by atoms with Crippen molar-refractivity contribution in [2.75, 3.05) is 26.7 Å². The maximum Gasteiger partial charge on any atom is 0.239 e. The number of benzene rings is 1. The first kappa shape index (κ1) is 17.2. The molecule has 0 aliphatic carbocycles. The lowest BCUT2D eigenvalue weighted by molar-refractivity contribution is -0.135. The smallest absolute Gasteiger partial charge is 0.239 e. The zero-order chi connectivity index (χ0) is 16.1. The van der Waals surface area contributed by atoms with Gasteiger partial charge in [0, 0.05) is 25.2 Å². The van der Waals surface area contributed by atoms with Crippen molar-refractivity contribution in [3.63, 3.8) is 0 Å². The van der Waals surface area contributed by atoms with Gasteiger partial charge < -0.3 is 9.64 Å². The molecule has 2 unspecified atom stereocenters. The summed E-state index contributed by atoms with van der Waals surface area (Å²) < 4.78 is 5.48. The quantitative estimate of drug-likeness (QED) is 0.751. The molecule has 0 bridgehead atoms. The van der Waals surface area contributed by atoms with E-state index in [-0.39, 0.29) is 11.9 Å². The number of hydrogen-bond acceptors (Lipinski definition) is 3. The van der Waals surface area contributed by atoms with E-state index in [0.717, 1.165) is 55.6 Å². The largest absolute Gasteiger partial charge is 0.496 e. The number of amides is 1. The van der Waals surface area contributed by atoms with Gasteiger partial charge in [0.25, 0.3) is 0 Å². The Balaban J connectivity index is 2.13. The predicted molar refractivity (Wildman–Crippen MR) is 93.7 cm³/mol. The number of carbonyl (C=O) groups is 1. The van der Waals surface area contributed by atoms with Gasteiger partial charge in [-0.3, -0.25) is 9.69 Å². The average Bonchev–Trinajstić information content (AvgIpc) is 3.06. The third-order valence-corrected chi connectivity index (χ3v) is 5.02. The van der Waals surface area contributed by atoms with Gasteiger partial charge in [0.1, 0.15) is 5.75 Å². The summed E-state index contributed by atoms with van der Waals surface area (Å²) in [5.41, 5.74) is 1.14. The topological polar surface area (TPSA) is 32.8 Å². The molecule has 1 saturated heterocycles. The normalized spacial score (nSPS) is 16.1. The number of hydrogen-bond donors (Lipinski definition) is 0. The molecule has 0 N–H and O–H groups in total. The fourth-order valence-corrected chi connectivity index (χ4v) is 3.37. The van der Waals surface area contributed by atoms with E-state index in [1.54, 1.807) is 7.11 Å². The van der Waals surface area contributed by atoms with Crippen molar-refractivity contribution in [3.8, 4) is 5.75 Å². The molecule has 5 heteroatoms. The summed E-state index contributed by atoms with van der Waals surface area (Å²) in [5.74, 6) is 1.13. The van der Waals surface area contributed by atoms with Crippen molar-refractivity contribution in [1.82, 2.24) is 9.80 Å². The van der Waals surface area contributed by atoms with Crippen LogP contribution in [0.1, 0.15) is 32.3 Å². The SMILES string of the molecule is CCN(Cc1c(P)cccc1OC)C(C)C(=O)N1CCCC1. The first-order valence-corrected chi connectivity index (χ1v) is 8.60. The second kappa shape index (κ2) is 7.94. The number of likely N-dealkylation sites (tertiary alicyclic amines) is 1. The molecule has 0 saturated carbocycles. The molecule has 1 aromatic rings. The van der Waals surface area contributed by atoms with Gasteiger partial charge in [-0.2, -0.15) is 0 Å². The molecule has 2 atom stereocenters. The molecular weight excluding hydrogens is 295 g/mol. The Morgan fingerprint density at radius 2 is 2.09 bits per heavy atom. The predicted octanol–water partition coefficient (Wildman–Crippen LogP) is 2.03. The third kappa shape index (κ3) is 3.80. The maximum absolute atomic E-state index is 12.6. The van der Waals surface area contributed by atoms with Crippen LogP contribution in [0.15, 0.2) is 18.2 Å². The van der Waals surface area contributed by atoms with E-state index >= 15 is 0 Å². The molecule has 1 fully saturated rings. The van der Waals surface area contributed by atoms with E-state index < -0.39 is 0 Å². The highest BCUT2D eigenvalue weighted by molar-refractivity contribution is 7.27. The lowest BCUT2D eigenvalue weighted by atomic mass is 10.1. The highest BCUT2D eigenvalue weighted by atomic mass is 31.0. The van der Waals surface area contributed by atoms with Crippen LogP contribution in [-0.2, 0) is 11.3 Å². The first-order chi connectivity index (χ1) is 10.6. The second-order valence-electron chi connectivity index (χ2n) is 5.80. The minimum atomic E-state index is -0.0996. The number of likely N-dealkylation sites (N-methyl/N-ethyl adjacent to an activating group) is 1. The molecule has 0 radical (unpaired) electrons. The van der Waals surface area contributed by atoms with Crippen LogP contribution in [0, 0.1) is 0 Å². The van der Waals surface area contributed by atoms with Crippen LogP contribution in [0.5, 0.6) is 5.75 Å². The summed E-state index contributed by atoms with van der Waals surface area (Å²) in [6.07, 6.45) is 2.26. The van der Waals surface area contributed by atoms with Crippen LogP contribution in [0.3, 0.4) is 0 Å². The van der Waals surface area contributed by atoms with Crippen molar-refractivity contribution in [2.24, 2.45) is 0 Å². The fraction of sp³-hybridized carbons (Fsp3) is 0.588. The fourth-order valence-electron chi connectivity index (χ4n) is 3.03. The molecule has 1 aromatic carbocycles. The van der Waals surface area contributed by atoms with Gasteiger partial charge in [0.15, 0.2) is 0 Å². The lowest BCUT2D eigenvalue weighted by Crippen LogP contribution is -2.46. The molecule has 22 heavy (non-hydrogen) atoms. The Morgan fingerprint density at radius 3 is 2.68 bits per heavy atom. The number of carbonyl (C=O) groups excluding carboxylic acids is 1. The molecule has 1 aliphatic heterocycles. The summed E-state index contributed by atoms with van der Waals surface area (Å²) >= 11 is 0. The Bertz CT molecular complexity index is 515. The van der Waals surface area contributed by atoms with Crippen LogP contribution >= 0.6 is 9.24 Å². The molecule has 1 heterocycles. The maximum atomic E-state index is 12.6. The lowest BCUT2D eigenvalue weighted by Gasteiger charge is -2.31. The van der Waals surface area contributed by atoms with Gasteiger partial charge in [0.05, 0.1) is 13.2 Å². The monoisotopic (exact) mass is 322 g/mol. The van der Waals surface area contributed by atoms with E-state index in [0.29, 0.717) is 0 Å². The van der Waals surface area contributed by atoms with E-state index in [4.69, 9.17) is 4.74 Å². The van der Waals surface area contributed by atoms with Crippen molar-refractivity contribution in [1.29, 1.82) is 0 Å². The van der Waals surface area contributed by atoms with Crippen LogP contribution in [0.4, 0.5) is 0 Å². The average molecular weight is 322 g/mol. The highest BCUT2D eigenvalue weighted by Gasteiger charge is 2.27. The summed E-state index contributed by atoms with van der Waals surface area (Å²) in [6, 6.07) is 5.92. The molecule has 1 aliphatic rings. The number of methoxy groups -OCH3 is 1.